The number of nitrogens with one attached hydrogen (secondary N) is 1. The van der Waals surface area contributed by atoms with Gasteiger partial charge in [0.2, 0.25) is 0 Å². The van der Waals surface area contributed by atoms with Gasteiger partial charge in [-0.25, -0.2) is 0 Å². The predicted molar refractivity (Wildman–Crippen MR) is 54.7 cm³/mol. The molecule has 0 unspecified atom stereocenters. The van der Waals surface area contributed by atoms with E-state index in [9.17, 15) is 5.11 Å². The Hall–Kier alpha value is -0.930. The Balaban J connectivity index is 1.73. The summed E-state index contributed by atoms with van der Waals surface area (Å²) in [6, 6.07) is 3.97. The highest BCUT2D eigenvalue weighted by atomic mass is 16.3. The van der Waals surface area contributed by atoms with Crippen molar-refractivity contribution in [2.24, 2.45) is 0 Å². The standard InChI is InChI=1S/C11H16N2O/c14-11(4-1-5-11)9-13-8-10-2-6-12-7-3-10/h2-3,6-7,13-14H,1,4-5,8-9H2. The summed E-state index contributed by atoms with van der Waals surface area (Å²) in [6.45, 7) is 1.51. The van der Waals surface area contributed by atoms with Gasteiger partial charge in [0.15, 0.2) is 0 Å². The Morgan fingerprint density at radius 1 is 1.36 bits per heavy atom. The van der Waals surface area contributed by atoms with E-state index in [0.29, 0.717) is 6.54 Å². The van der Waals surface area contributed by atoms with E-state index in [0.717, 1.165) is 25.8 Å². The zero-order chi connectivity index (χ0) is 9.86. The van der Waals surface area contributed by atoms with Crippen LogP contribution in [0, 0.1) is 0 Å². The highest BCUT2D eigenvalue weighted by molar-refractivity contribution is 5.09. The summed E-state index contributed by atoms with van der Waals surface area (Å²) in [6.07, 6.45) is 6.62. The molecule has 0 saturated heterocycles. The monoisotopic (exact) mass is 192 g/mol. The molecule has 0 atom stereocenters. The molecule has 14 heavy (non-hydrogen) atoms. The lowest BCUT2D eigenvalue weighted by Crippen LogP contribution is -2.45. The van der Waals surface area contributed by atoms with Crippen LogP contribution in [0.4, 0.5) is 0 Å². The second kappa shape index (κ2) is 4.07. The molecule has 0 radical (unpaired) electrons. The quantitative estimate of drug-likeness (QED) is 0.750. The third-order valence-corrected chi connectivity index (χ3v) is 2.82. The molecule has 2 N–H and O–H groups in total. The highest BCUT2D eigenvalue weighted by Crippen LogP contribution is 2.30. The van der Waals surface area contributed by atoms with E-state index in [1.54, 1.807) is 12.4 Å². The minimum atomic E-state index is -0.424. The number of rotatable bonds is 4. The topological polar surface area (TPSA) is 45.1 Å². The van der Waals surface area contributed by atoms with Crippen molar-refractivity contribution in [1.82, 2.24) is 10.3 Å². The third-order valence-electron chi connectivity index (χ3n) is 2.82. The van der Waals surface area contributed by atoms with Crippen molar-refractivity contribution < 1.29 is 5.11 Å². The van der Waals surface area contributed by atoms with E-state index in [-0.39, 0.29) is 0 Å². The Kier molecular flexibility index (Phi) is 2.79. The fraction of sp³-hybridized carbons (Fsp3) is 0.545. The van der Waals surface area contributed by atoms with Crippen molar-refractivity contribution in [3.05, 3.63) is 30.1 Å². The van der Waals surface area contributed by atoms with Crippen LogP contribution in [0.2, 0.25) is 0 Å². The maximum absolute atomic E-state index is 9.81. The lowest BCUT2D eigenvalue weighted by atomic mass is 9.80. The molecule has 3 nitrogen and oxygen atoms in total. The number of hydrogen-bond donors (Lipinski definition) is 2. The van der Waals surface area contributed by atoms with Crippen LogP contribution >= 0.6 is 0 Å². The molecule has 0 bridgehead atoms. The Morgan fingerprint density at radius 3 is 2.64 bits per heavy atom. The van der Waals surface area contributed by atoms with E-state index in [1.165, 1.54) is 5.56 Å². The van der Waals surface area contributed by atoms with Gasteiger partial charge in [-0.15, -0.1) is 0 Å². The van der Waals surface area contributed by atoms with Crippen molar-refractivity contribution >= 4 is 0 Å². The minimum absolute atomic E-state index is 0.424. The van der Waals surface area contributed by atoms with Crippen LogP contribution in [-0.4, -0.2) is 22.2 Å². The van der Waals surface area contributed by atoms with E-state index in [1.807, 2.05) is 12.1 Å². The van der Waals surface area contributed by atoms with Gasteiger partial charge in [0.05, 0.1) is 5.60 Å². The van der Waals surface area contributed by atoms with Crippen LogP contribution < -0.4 is 5.32 Å². The average Bonchev–Trinajstić information content (AvgIpc) is 2.17. The van der Waals surface area contributed by atoms with Crippen LogP contribution in [0.1, 0.15) is 24.8 Å². The van der Waals surface area contributed by atoms with Crippen LogP contribution in [0.5, 0.6) is 0 Å². The molecule has 1 aromatic heterocycles. The molecule has 0 spiro atoms. The lowest BCUT2D eigenvalue weighted by molar-refractivity contribution is -0.0314. The first-order chi connectivity index (χ1) is 6.79. The summed E-state index contributed by atoms with van der Waals surface area (Å²) >= 11 is 0. The first kappa shape index (κ1) is 9.62. The van der Waals surface area contributed by atoms with Gasteiger partial charge in [0, 0.05) is 25.5 Å². The van der Waals surface area contributed by atoms with Gasteiger partial charge < -0.3 is 10.4 Å². The molecule has 0 aromatic carbocycles. The fourth-order valence-electron chi connectivity index (χ4n) is 1.70. The molecular weight excluding hydrogens is 176 g/mol. The van der Waals surface area contributed by atoms with Crippen molar-refractivity contribution in [2.45, 2.75) is 31.4 Å². The largest absolute Gasteiger partial charge is 0.389 e. The van der Waals surface area contributed by atoms with Gasteiger partial charge >= 0.3 is 0 Å². The minimum Gasteiger partial charge on any atom is -0.389 e. The normalized spacial score (nSPS) is 18.9. The van der Waals surface area contributed by atoms with Gasteiger partial charge in [-0.05, 0) is 37.0 Å². The molecular formula is C11H16N2O. The molecule has 3 heteroatoms. The first-order valence-corrected chi connectivity index (χ1v) is 5.11. The molecule has 1 fully saturated rings. The Labute approximate surface area is 84.2 Å². The van der Waals surface area contributed by atoms with Crippen molar-refractivity contribution in [1.29, 1.82) is 0 Å². The van der Waals surface area contributed by atoms with Gasteiger partial charge in [-0.2, -0.15) is 0 Å². The summed E-state index contributed by atoms with van der Waals surface area (Å²) < 4.78 is 0. The second-order valence-electron chi connectivity index (χ2n) is 4.04. The fourth-order valence-corrected chi connectivity index (χ4v) is 1.70. The third kappa shape index (κ3) is 2.30. The molecule has 1 aliphatic rings. The van der Waals surface area contributed by atoms with E-state index >= 15 is 0 Å². The highest BCUT2D eigenvalue weighted by Gasteiger charge is 2.33. The summed E-state index contributed by atoms with van der Waals surface area (Å²) in [4.78, 5) is 3.95. The summed E-state index contributed by atoms with van der Waals surface area (Å²) in [5.74, 6) is 0. The van der Waals surface area contributed by atoms with Crippen LogP contribution in [0.25, 0.3) is 0 Å². The zero-order valence-corrected chi connectivity index (χ0v) is 8.24. The molecule has 1 aromatic rings. The Morgan fingerprint density at radius 2 is 2.07 bits per heavy atom. The van der Waals surface area contributed by atoms with Gasteiger partial charge in [-0.1, -0.05) is 0 Å². The van der Waals surface area contributed by atoms with Crippen molar-refractivity contribution in [3.8, 4) is 0 Å². The predicted octanol–water partition coefficient (Wildman–Crippen LogP) is 1.09. The maximum Gasteiger partial charge on any atom is 0.0771 e. The zero-order valence-electron chi connectivity index (χ0n) is 8.24. The number of aromatic nitrogens is 1. The van der Waals surface area contributed by atoms with Crippen LogP contribution in [0.15, 0.2) is 24.5 Å². The first-order valence-electron chi connectivity index (χ1n) is 5.11. The molecule has 1 heterocycles. The summed E-state index contributed by atoms with van der Waals surface area (Å²) in [5, 5.41) is 13.1. The molecule has 1 aliphatic carbocycles. The van der Waals surface area contributed by atoms with Gasteiger partial charge in [-0.3, -0.25) is 4.98 Å². The molecule has 1 saturated carbocycles. The van der Waals surface area contributed by atoms with Crippen molar-refractivity contribution in [2.75, 3.05) is 6.54 Å². The molecule has 0 aliphatic heterocycles. The van der Waals surface area contributed by atoms with Crippen LogP contribution in [-0.2, 0) is 6.54 Å². The number of nitrogens with zero attached hydrogens (tertiary/aromatic N) is 1. The second-order valence-corrected chi connectivity index (χ2v) is 4.04. The number of aliphatic hydroxyl groups is 1. The lowest BCUT2D eigenvalue weighted by Gasteiger charge is -2.36. The van der Waals surface area contributed by atoms with Crippen LogP contribution in [0.3, 0.4) is 0 Å². The summed E-state index contributed by atoms with van der Waals surface area (Å²) in [5.41, 5.74) is 0.787. The summed E-state index contributed by atoms with van der Waals surface area (Å²) in [7, 11) is 0. The molecule has 2 rings (SSSR count). The SMILES string of the molecule is OC1(CNCc2ccncc2)CCC1. The molecule has 76 valence electrons. The van der Waals surface area contributed by atoms with E-state index < -0.39 is 5.60 Å². The number of hydrogen-bond acceptors (Lipinski definition) is 3. The smallest absolute Gasteiger partial charge is 0.0771 e. The molecule has 0 amide bonds. The van der Waals surface area contributed by atoms with Gasteiger partial charge in [0.1, 0.15) is 0 Å². The van der Waals surface area contributed by atoms with Gasteiger partial charge in [0.25, 0.3) is 0 Å². The maximum atomic E-state index is 9.81. The van der Waals surface area contributed by atoms with Crippen molar-refractivity contribution in [3.63, 3.8) is 0 Å². The number of pyridine rings is 1. The average molecular weight is 192 g/mol. The van der Waals surface area contributed by atoms with E-state index in [4.69, 9.17) is 0 Å². The van der Waals surface area contributed by atoms with E-state index in [2.05, 4.69) is 10.3 Å². The Bertz CT molecular complexity index is 283.